The molecular formula is C13H19NO3. The first kappa shape index (κ1) is 12.2. The van der Waals surface area contributed by atoms with Crippen LogP contribution in [0.2, 0.25) is 0 Å². The van der Waals surface area contributed by atoms with Crippen molar-refractivity contribution in [3.63, 3.8) is 0 Å². The lowest BCUT2D eigenvalue weighted by atomic mass is 9.94. The number of ether oxygens (including phenoxy) is 2. The lowest BCUT2D eigenvalue weighted by molar-refractivity contribution is 0.140. The molecule has 0 aliphatic carbocycles. The molecule has 94 valence electrons. The van der Waals surface area contributed by atoms with Crippen LogP contribution < -0.4 is 15.4 Å². The Morgan fingerprint density at radius 1 is 1.24 bits per heavy atom. The van der Waals surface area contributed by atoms with Gasteiger partial charge in [-0.15, -0.1) is 0 Å². The molecule has 2 N–H and O–H groups in total. The fourth-order valence-corrected chi connectivity index (χ4v) is 2.07. The van der Waals surface area contributed by atoms with Crippen molar-refractivity contribution < 1.29 is 14.3 Å². The summed E-state index contributed by atoms with van der Waals surface area (Å²) in [5.41, 5.74) is 2.49. The van der Waals surface area contributed by atoms with Gasteiger partial charge in [0.05, 0.1) is 6.61 Å². The SMILES string of the molecule is CC(C)c1cc2c(cc1CCON)OCCO2. The quantitative estimate of drug-likeness (QED) is 0.814. The van der Waals surface area contributed by atoms with Gasteiger partial charge in [0, 0.05) is 0 Å². The summed E-state index contributed by atoms with van der Waals surface area (Å²) < 4.78 is 11.2. The van der Waals surface area contributed by atoms with Gasteiger partial charge in [-0.05, 0) is 35.6 Å². The molecule has 0 bridgehead atoms. The Morgan fingerprint density at radius 2 is 1.88 bits per heavy atom. The van der Waals surface area contributed by atoms with Gasteiger partial charge < -0.3 is 14.3 Å². The fourth-order valence-electron chi connectivity index (χ4n) is 2.07. The normalized spacial score (nSPS) is 14.1. The van der Waals surface area contributed by atoms with Crippen molar-refractivity contribution >= 4 is 0 Å². The first-order valence-corrected chi connectivity index (χ1v) is 5.96. The van der Waals surface area contributed by atoms with Crippen molar-refractivity contribution in [1.29, 1.82) is 0 Å². The number of rotatable bonds is 4. The number of fused-ring (bicyclic) bond motifs is 1. The summed E-state index contributed by atoms with van der Waals surface area (Å²) in [5.74, 6) is 7.20. The average molecular weight is 237 g/mol. The smallest absolute Gasteiger partial charge is 0.161 e. The Bertz CT molecular complexity index is 390. The van der Waals surface area contributed by atoms with E-state index in [1.54, 1.807) is 0 Å². The van der Waals surface area contributed by atoms with Crippen LogP contribution in [0.3, 0.4) is 0 Å². The molecule has 0 saturated heterocycles. The van der Waals surface area contributed by atoms with Gasteiger partial charge in [-0.3, -0.25) is 0 Å². The van der Waals surface area contributed by atoms with Gasteiger partial charge in [-0.2, -0.15) is 0 Å². The molecule has 0 radical (unpaired) electrons. The molecule has 0 spiro atoms. The van der Waals surface area contributed by atoms with Crippen LogP contribution in [-0.4, -0.2) is 19.8 Å². The summed E-state index contributed by atoms with van der Waals surface area (Å²) in [7, 11) is 0. The van der Waals surface area contributed by atoms with Crippen LogP contribution in [-0.2, 0) is 11.3 Å². The van der Waals surface area contributed by atoms with E-state index in [9.17, 15) is 0 Å². The van der Waals surface area contributed by atoms with E-state index in [2.05, 4.69) is 24.8 Å². The third-order valence-corrected chi connectivity index (χ3v) is 2.92. The van der Waals surface area contributed by atoms with Crippen molar-refractivity contribution in [3.8, 4) is 11.5 Å². The second kappa shape index (κ2) is 5.38. The van der Waals surface area contributed by atoms with E-state index in [0.29, 0.717) is 25.7 Å². The van der Waals surface area contributed by atoms with Crippen molar-refractivity contribution in [1.82, 2.24) is 0 Å². The Kier molecular flexibility index (Phi) is 3.86. The van der Waals surface area contributed by atoms with E-state index in [-0.39, 0.29) is 0 Å². The summed E-state index contributed by atoms with van der Waals surface area (Å²) in [5, 5.41) is 0. The predicted octanol–water partition coefficient (Wildman–Crippen LogP) is 2.01. The topological polar surface area (TPSA) is 53.7 Å². The van der Waals surface area contributed by atoms with Crippen LogP contribution in [0.5, 0.6) is 11.5 Å². The van der Waals surface area contributed by atoms with Crippen LogP contribution in [0.1, 0.15) is 30.9 Å². The van der Waals surface area contributed by atoms with Crippen LogP contribution >= 0.6 is 0 Å². The van der Waals surface area contributed by atoms with E-state index < -0.39 is 0 Å². The molecule has 0 fully saturated rings. The minimum atomic E-state index is 0.443. The summed E-state index contributed by atoms with van der Waals surface area (Å²) in [6.45, 7) is 6.08. The number of nitrogens with two attached hydrogens (primary N) is 1. The highest BCUT2D eigenvalue weighted by Crippen LogP contribution is 2.36. The van der Waals surface area contributed by atoms with Crippen LogP contribution in [0.25, 0.3) is 0 Å². The molecule has 17 heavy (non-hydrogen) atoms. The van der Waals surface area contributed by atoms with E-state index in [1.807, 2.05) is 6.07 Å². The van der Waals surface area contributed by atoms with Crippen molar-refractivity contribution in [3.05, 3.63) is 23.3 Å². The Balaban J connectivity index is 2.33. The van der Waals surface area contributed by atoms with Gasteiger partial charge in [0.15, 0.2) is 11.5 Å². The maximum atomic E-state index is 5.59. The summed E-state index contributed by atoms with van der Waals surface area (Å²) in [6, 6.07) is 4.12. The van der Waals surface area contributed by atoms with Crippen LogP contribution in [0.15, 0.2) is 12.1 Å². The van der Waals surface area contributed by atoms with Crippen LogP contribution in [0, 0.1) is 0 Å². The third kappa shape index (κ3) is 2.70. The van der Waals surface area contributed by atoms with Gasteiger partial charge in [0.25, 0.3) is 0 Å². The molecule has 0 atom stereocenters. The second-order valence-electron chi connectivity index (χ2n) is 4.47. The van der Waals surface area contributed by atoms with E-state index in [0.717, 1.165) is 17.9 Å². The molecule has 1 heterocycles. The van der Waals surface area contributed by atoms with Gasteiger partial charge in [-0.1, -0.05) is 13.8 Å². The zero-order valence-electron chi connectivity index (χ0n) is 10.4. The number of benzene rings is 1. The Labute approximate surface area is 102 Å². The second-order valence-corrected chi connectivity index (χ2v) is 4.47. The highest BCUT2D eigenvalue weighted by molar-refractivity contribution is 5.49. The summed E-state index contributed by atoms with van der Waals surface area (Å²) in [6.07, 6.45) is 0.792. The first-order valence-electron chi connectivity index (χ1n) is 5.96. The van der Waals surface area contributed by atoms with Crippen LogP contribution in [0.4, 0.5) is 0 Å². The molecule has 1 aromatic rings. The minimum Gasteiger partial charge on any atom is -0.486 e. The van der Waals surface area contributed by atoms with Gasteiger partial charge in [0.2, 0.25) is 0 Å². The zero-order chi connectivity index (χ0) is 12.3. The standard InChI is InChI=1S/C13H19NO3/c1-9(2)11-8-13-12(15-5-6-16-13)7-10(11)3-4-17-14/h7-9H,3-6,14H2,1-2H3. The highest BCUT2D eigenvalue weighted by Gasteiger charge is 2.17. The molecule has 4 heteroatoms. The first-order chi connectivity index (χ1) is 8.22. The molecule has 4 nitrogen and oxygen atoms in total. The zero-order valence-corrected chi connectivity index (χ0v) is 10.4. The number of hydrogen-bond donors (Lipinski definition) is 1. The fraction of sp³-hybridized carbons (Fsp3) is 0.538. The lowest BCUT2D eigenvalue weighted by Gasteiger charge is -2.22. The monoisotopic (exact) mass is 237 g/mol. The molecule has 1 aliphatic heterocycles. The Hall–Kier alpha value is -1.26. The Morgan fingerprint density at radius 3 is 2.47 bits per heavy atom. The van der Waals surface area contributed by atoms with E-state index in [1.165, 1.54) is 11.1 Å². The molecule has 0 aromatic heterocycles. The average Bonchev–Trinajstić information content (AvgIpc) is 2.35. The summed E-state index contributed by atoms with van der Waals surface area (Å²) >= 11 is 0. The van der Waals surface area contributed by atoms with Crippen molar-refractivity contribution in [2.75, 3.05) is 19.8 Å². The predicted molar refractivity (Wildman–Crippen MR) is 65.4 cm³/mol. The third-order valence-electron chi connectivity index (χ3n) is 2.92. The number of hydrogen-bond acceptors (Lipinski definition) is 4. The minimum absolute atomic E-state index is 0.443. The molecule has 2 rings (SSSR count). The van der Waals surface area contributed by atoms with Crippen molar-refractivity contribution in [2.45, 2.75) is 26.2 Å². The molecular weight excluding hydrogens is 218 g/mol. The van der Waals surface area contributed by atoms with Gasteiger partial charge in [0.1, 0.15) is 13.2 Å². The summed E-state index contributed by atoms with van der Waals surface area (Å²) in [4.78, 5) is 4.65. The molecule has 0 amide bonds. The highest BCUT2D eigenvalue weighted by atomic mass is 16.6. The van der Waals surface area contributed by atoms with Crippen molar-refractivity contribution in [2.24, 2.45) is 5.90 Å². The van der Waals surface area contributed by atoms with E-state index in [4.69, 9.17) is 15.4 Å². The molecule has 1 aliphatic rings. The molecule has 0 unspecified atom stereocenters. The maximum Gasteiger partial charge on any atom is 0.161 e. The lowest BCUT2D eigenvalue weighted by Crippen LogP contribution is -2.16. The molecule has 1 aromatic carbocycles. The van der Waals surface area contributed by atoms with E-state index >= 15 is 0 Å². The largest absolute Gasteiger partial charge is 0.486 e. The van der Waals surface area contributed by atoms with Gasteiger partial charge >= 0.3 is 0 Å². The van der Waals surface area contributed by atoms with Gasteiger partial charge in [-0.25, -0.2) is 5.90 Å². The molecule has 0 saturated carbocycles. The maximum absolute atomic E-state index is 5.59.